The van der Waals surface area contributed by atoms with E-state index in [1.807, 2.05) is 11.2 Å². The van der Waals surface area contributed by atoms with Gasteiger partial charge in [0.2, 0.25) is 0 Å². The maximum Gasteiger partial charge on any atom is 0.189 e. The number of thioether (sulfide) groups is 1. The molecule has 0 atom stereocenters. The Morgan fingerprint density at radius 3 is 2.72 bits per heavy atom. The smallest absolute Gasteiger partial charge is 0.189 e. The average Bonchev–Trinajstić information content (AvgIpc) is 2.38. The number of carbonyl (C=O) groups is 1. The summed E-state index contributed by atoms with van der Waals surface area (Å²) in [5, 5.41) is 11.7. The maximum atomic E-state index is 11.1. The molecule has 1 fully saturated rings. The van der Waals surface area contributed by atoms with Crippen LogP contribution in [-0.4, -0.2) is 55.4 Å². The van der Waals surface area contributed by atoms with Gasteiger partial charge in [-0.25, -0.2) is 9.97 Å². The van der Waals surface area contributed by atoms with Crippen LogP contribution in [-0.2, 0) is 0 Å². The number of piperazine rings is 1. The molecule has 1 aliphatic heterocycles. The van der Waals surface area contributed by atoms with Crippen LogP contribution in [0, 0.1) is 0 Å². The van der Waals surface area contributed by atoms with Crippen molar-refractivity contribution in [2.24, 2.45) is 0 Å². The lowest BCUT2D eigenvalue weighted by Gasteiger charge is -2.32. The van der Waals surface area contributed by atoms with Crippen LogP contribution in [0.25, 0.3) is 0 Å². The van der Waals surface area contributed by atoms with Crippen molar-refractivity contribution >= 4 is 23.5 Å². The van der Waals surface area contributed by atoms with E-state index < -0.39 is 5.97 Å². The summed E-state index contributed by atoms with van der Waals surface area (Å²) in [7, 11) is 2.13. The van der Waals surface area contributed by atoms with E-state index >= 15 is 0 Å². The predicted molar refractivity (Wildman–Crippen MR) is 67.0 cm³/mol. The van der Waals surface area contributed by atoms with E-state index in [9.17, 15) is 9.90 Å². The first-order chi connectivity index (χ1) is 8.61. The lowest BCUT2D eigenvalue weighted by atomic mass is 10.2. The van der Waals surface area contributed by atoms with Crippen LogP contribution in [0.3, 0.4) is 0 Å². The number of quaternary nitrogens is 1. The highest BCUT2D eigenvalue weighted by molar-refractivity contribution is 7.98. The molecular formula is C11H16N4O2S. The molecule has 0 aromatic carbocycles. The Kier molecular flexibility index (Phi) is 4.03. The number of hydrogen-bond donors (Lipinski definition) is 1. The lowest BCUT2D eigenvalue weighted by molar-refractivity contribution is -0.880. The van der Waals surface area contributed by atoms with E-state index in [1.165, 1.54) is 22.9 Å². The lowest BCUT2D eigenvalue weighted by Crippen LogP contribution is -3.12. The highest BCUT2D eigenvalue weighted by Gasteiger charge is 2.21. The maximum absolute atomic E-state index is 11.1. The van der Waals surface area contributed by atoms with E-state index in [2.05, 4.69) is 17.0 Å². The largest absolute Gasteiger partial charge is 0.545 e. The van der Waals surface area contributed by atoms with Crippen molar-refractivity contribution in [2.45, 2.75) is 5.16 Å². The third-order valence-electron chi connectivity index (χ3n) is 3.07. The molecule has 1 saturated heterocycles. The minimum absolute atomic E-state index is 0.0763. The molecule has 1 aromatic rings. The van der Waals surface area contributed by atoms with Crippen LogP contribution in [0.2, 0.25) is 0 Å². The molecule has 98 valence electrons. The molecule has 1 N–H and O–H groups in total. The summed E-state index contributed by atoms with van der Waals surface area (Å²) in [6, 6.07) is 0. The Morgan fingerprint density at radius 1 is 1.50 bits per heavy atom. The van der Waals surface area contributed by atoms with E-state index in [4.69, 9.17) is 0 Å². The summed E-state index contributed by atoms with van der Waals surface area (Å²) < 4.78 is 0. The summed E-state index contributed by atoms with van der Waals surface area (Å²) in [6.07, 6.45) is 3.21. The normalized spacial score (nSPS) is 16.9. The first-order valence-corrected chi connectivity index (χ1v) is 7.03. The molecule has 6 nitrogen and oxygen atoms in total. The second-order valence-electron chi connectivity index (χ2n) is 4.33. The topological polar surface area (TPSA) is 73.6 Å². The summed E-state index contributed by atoms with van der Waals surface area (Å²) in [5.74, 6) is -0.731. The first-order valence-electron chi connectivity index (χ1n) is 5.80. The molecule has 0 saturated carbocycles. The number of nitrogens with one attached hydrogen (secondary N) is 1. The molecule has 0 radical (unpaired) electrons. The van der Waals surface area contributed by atoms with Crippen molar-refractivity contribution in [2.75, 3.05) is 44.4 Å². The van der Waals surface area contributed by atoms with E-state index in [1.54, 1.807) is 0 Å². The number of likely N-dealkylation sites (N-methyl/N-ethyl adjacent to an activating group) is 1. The SMILES string of the molecule is CSc1ncc(C(=O)[O-])c(N2CC[NH+](C)CC2)n1. The molecule has 1 aromatic heterocycles. The number of carboxylic acid groups (broad SMARTS) is 1. The molecule has 0 unspecified atom stereocenters. The summed E-state index contributed by atoms with van der Waals surface area (Å²) in [6.45, 7) is 3.56. The fourth-order valence-electron chi connectivity index (χ4n) is 1.94. The second kappa shape index (κ2) is 5.53. The Hall–Kier alpha value is -1.34. The number of nitrogens with zero attached hydrogens (tertiary/aromatic N) is 3. The van der Waals surface area contributed by atoms with Gasteiger partial charge in [0.15, 0.2) is 5.16 Å². The highest BCUT2D eigenvalue weighted by atomic mass is 32.2. The van der Waals surface area contributed by atoms with Gasteiger partial charge in [-0.1, -0.05) is 11.8 Å². The molecule has 0 bridgehead atoms. The molecule has 0 amide bonds. The van der Waals surface area contributed by atoms with E-state index in [0.29, 0.717) is 11.0 Å². The minimum Gasteiger partial charge on any atom is -0.545 e. The van der Waals surface area contributed by atoms with Gasteiger partial charge in [-0.05, 0) is 6.26 Å². The molecule has 2 rings (SSSR count). The average molecular weight is 268 g/mol. The quantitative estimate of drug-likeness (QED) is 0.500. The van der Waals surface area contributed by atoms with Gasteiger partial charge in [-0.15, -0.1) is 0 Å². The fraction of sp³-hybridized carbons (Fsp3) is 0.545. The Labute approximate surface area is 110 Å². The zero-order chi connectivity index (χ0) is 13.1. The van der Waals surface area contributed by atoms with Crippen molar-refractivity contribution in [1.29, 1.82) is 0 Å². The first kappa shape index (κ1) is 13.1. The molecule has 2 heterocycles. The van der Waals surface area contributed by atoms with Crippen LogP contribution in [0.4, 0.5) is 5.82 Å². The number of aromatic carboxylic acids is 1. The number of carbonyl (C=O) groups excluding carboxylic acids is 1. The number of rotatable bonds is 3. The summed E-state index contributed by atoms with van der Waals surface area (Å²) >= 11 is 1.40. The molecule has 18 heavy (non-hydrogen) atoms. The van der Waals surface area contributed by atoms with Gasteiger partial charge < -0.3 is 19.7 Å². The predicted octanol–water partition coefficient (Wildman–Crippen LogP) is -2.10. The van der Waals surface area contributed by atoms with Gasteiger partial charge in [0, 0.05) is 6.20 Å². The van der Waals surface area contributed by atoms with Gasteiger partial charge >= 0.3 is 0 Å². The van der Waals surface area contributed by atoms with E-state index in [-0.39, 0.29) is 5.56 Å². The number of hydrogen-bond acceptors (Lipinski definition) is 6. The summed E-state index contributed by atoms with van der Waals surface area (Å²) in [5.41, 5.74) is 0.0763. The second-order valence-corrected chi connectivity index (χ2v) is 5.10. The van der Waals surface area contributed by atoms with Gasteiger partial charge in [-0.2, -0.15) is 0 Å². The monoisotopic (exact) mass is 268 g/mol. The Bertz CT molecular complexity index is 447. The Balaban J connectivity index is 2.31. The van der Waals surface area contributed by atoms with Crippen LogP contribution in [0.1, 0.15) is 10.4 Å². The molecule has 1 aliphatic rings. The van der Waals surface area contributed by atoms with Gasteiger partial charge in [0.25, 0.3) is 0 Å². The van der Waals surface area contributed by atoms with Crippen molar-refractivity contribution in [1.82, 2.24) is 9.97 Å². The number of carboxylic acids is 1. The zero-order valence-electron chi connectivity index (χ0n) is 10.5. The van der Waals surface area contributed by atoms with Gasteiger partial charge in [-0.3, -0.25) is 0 Å². The third kappa shape index (κ3) is 2.73. The minimum atomic E-state index is -1.22. The van der Waals surface area contributed by atoms with Crippen LogP contribution in [0.15, 0.2) is 11.4 Å². The number of aromatic nitrogens is 2. The Morgan fingerprint density at radius 2 is 2.17 bits per heavy atom. The van der Waals surface area contributed by atoms with E-state index in [0.717, 1.165) is 26.2 Å². The third-order valence-corrected chi connectivity index (χ3v) is 3.63. The van der Waals surface area contributed by atoms with Crippen molar-refractivity contribution in [3.63, 3.8) is 0 Å². The van der Waals surface area contributed by atoms with Gasteiger partial charge in [0.05, 0.1) is 44.8 Å². The highest BCUT2D eigenvalue weighted by Crippen LogP contribution is 2.20. The molecule has 0 spiro atoms. The van der Waals surface area contributed by atoms with Crippen LogP contribution >= 0.6 is 11.8 Å². The molecule has 7 heteroatoms. The fourth-order valence-corrected chi connectivity index (χ4v) is 2.28. The van der Waals surface area contributed by atoms with Crippen LogP contribution < -0.4 is 14.9 Å². The zero-order valence-corrected chi connectivity index (χ0v) is 11.3. The molecule has 0 aliphatic carbocycles. The van der Waals surface area contributed by atoms with Crippen LogP contribution in [0.5, 0.6) is 0 Å². The van der Waals surface area contributed by atoms with Crippen molar-refractivity contribution in [3.05, 3.63) is 11.8 Å². The van der Waals surface area contributed by atoms with Gasteiger partial charge in [0.1, 0.15) is 5.82 Å². The number of anilines is 1. The standard InChI is InChI=1S/C11H16N4O2S/c1-14-3-5-15(6-4-14)9-8(10(16)17)7-12-11(13-9)18-2/h7H,3-6H2,1-2H3,(H,16,17). The van der Waals surface area contributed by atoms with Crippen molar-refractivity contribution < 1.29 is 14.8 Å². The van der Waals surface area contributed by atoms with Crippen molar-refractivity contribution in [3.8, 4) is 0 Å². The molecular weight excluding hydrogens is 252 g/mol. The summed E-state index contributed by atoms with van der Waals surface area (Å²) in [4.78, 5) is 22.8.